The second kappa shape index (κ2) is 11.9. The van der Waals surface area contributed by atoms with Crippen LogP contribution in [0.5, 0.6) is 0 Å². The van der Waals surface area contributed by atoms with Gasteiger partial charge in [0.2, 0.25) is 0 Å². The van der Waals surface area contributed by atoms with E-state index in [9.17, 15) is 4.39 Å². The molecule has 0 spiro atoms. The Morgan fingerprint density at radius 3 is 2.30 bits per heavy atom. The summed E-state index contributed by atoms with van der Waals surface area (Å²) in [7, 11) is 5.90. The first-order chi connectivity index (χ1) is 12.5. The Kier molecular flexibility index (Phi) is 10.3. The van der Waals surface area contributed by atoms with Crippen molar-refractivity contribution in [3.63, 3.8) is 0 Å². The molecule has 0 radical (unpaired) electrons. The van der Waals surface area contributed by atoms with Gasteiger partial charge in [0.05, 0.1) is 0 Å². The minimum Gasteiger partial charge on any atom is -0.356 e. The minimum atomic E-state index is -0.187. The zero-order valence-corrected chi connectivity index (χ0v) is 18.9. The number of nitrogens with zero attached hydrogens (tertiary/aromatic N) is 2. The molecule has 0 saturated heterocycles. The summed E-state index contributed by atoms with van der Waals surface area (Å²) in [5.41, 5.74) is 4.64. The van der Waals surface area contributed by atoms with Crippen LogP contribution in [0.25, 0.3) is 0 Å². The van der Waals surface area contributed by atoms with Crippen molar-refractivity contribution in [2.45, 2.75) is 26.4 Å². The smallest absolute Gasteiger partial charge is 0.191 e. The average molecular weight is 484 g/mol. The Morgan fingerprint density at radius 2 is 1.70 bits per heavy atom. The van der Waals surface area contributed by atoms with Gasteiger partial charge >= 0.3 is 0 Å². The van der Waals surface area contributed by atoms with E-state index in [0.717, 1.165) is 43.1 Å². The van der Waals surface area contributed by atoms with E-state index < -0.39 is 0 Å². The SMILES string of the molecule is CN=C(NCCc1ccc(F)cc1C)NCc1ccc(CN(C)C)cc1.I. The van der Waals surface area contributed by atoms with Gasteiger partial charge in [-0.05, 0) is 61.8 Å². The summed E-state index contributed by atoms with van der Waals surface area (Å²) in [5.74, 6) is 0.579. The predicted octanol–water partition coefficient (Wildman–Crippen LogP) is 3.72. The van der Waals surface area contributed by atoms with Crippen molar-refractivity contribution in [1.29, 1.82) is 0 Å². The topological polar surface area (TPSA) is 39.7 Å². The van der Waals surface area contributed by atoms with Gasteiger partial charge in [-0.15, -0.1) is 24.0 Å². The maximum Gasteiger partial charge on any atom is 0.191 e. The maximum atomic E-state index is 13.2. The lowest BCUT2D eigenvalue weighted by molar-refractivity contribution is 0.402. The molecule has 0 saturated carbocycles. The van der Waals surface area contributed by atoms with Crippen LogP contribution in [0.15, 0.2) is 47.5 Å². The molecule has 0 bridgehead atoms. The summed E-state index contributed by atoms with van der Waals surface area (Å²) in [6.07, 6.45) is 0.825. The Morgan fingerprint density at radius 1 is 1.04 bits per heavy atom. The molecule has 0 amide bonds. The zero-order valence-electron chi connectivity index (χ0n) is 16.6. The number of guanidine groups is 1. The van der Waals surface area contributed by atoms with Crippen LogP contribution in [0.4, 0.5) is 4.39 Å². The van der Waals surface area contributed by atoms with Crippen LogP contribution in [0.1, 0.15) is 22.3 Å². The predicted molar refractivity (Wildman–Crippen MR) is 122 cm³/mol. The van der Waals surface area contributed by atoms with Crippen LogP contribution in [0.2, 0.25) is 0 Å². The van der Waals surface area contributed by atoms with Crippen molar-refractivity contribution in [3.8, 4) is 0 Å². The molecule has 0 heterocycles. The van der Waals surface area contributed by atoms with E-state index in [2.05, 4.69) is 58.9 Å². The van der Waals surface area contributed by atoms with E-state index in [1.807, 2.05) is 13.0 Å². The third-order valence-corrected chi connectivity index (χ3v) is 4.20. The monoisotopic (exact) mass is 484 g/mol. The Bertz CT molecular complexity index is 729. The Hall–Kier alpha value is -1.67. The molecular formula is C21H30FIN4. The van der Waals surface area contributed by atoms with Crippen molar-refractivity contribution in [2.75, 3.05) is 27.7 Å². The van der Waals surface area contributed by atoms with Crippen LogP contribution in [0.3, 0.4) is 0 Å². The van der Waals surface area contributed by atoms with E-state index in [-0.39, 0.29) is 29.8 Å². The lowest BCUT2D eigenvalue weighted by Gasteiger charge is -2.13. The molecule has 0 aliphatic carbocycles. The molecule has 0 aliphatic heterocycles. The number of hydrogen-bond donors (Lipinski definition) is 2. The van der Waals surface area contributed by atoms with Gasteiger partial charge in [0.15, 0.2) is 5.96 Å². The molecule has 0 unspecified atom stereocenters. The average Bonchev–Trinajstić information content (AvgIpc) is 2.60. The molecule has 0 atom stereocenters. The van der Waals surface area contributed by atoms with Crippen LogP contribution in [-0.2, 0) is 19.5 Å². The van der Waals surface area contributed by atoms with Crippen molar-refractivity contribution in [1.82, 2.24) is 15.5 Å². The molecular weight excluding hydrogens is 454 g/mol. The second-order valence-corrected chi connectivity index (χ2v) is 6.73. The molecule has 2 aromatic rings. The third-order valence-electron chi connectivity index (χ3n) is 4.20. The quantitative estimate of drug-likeness (QED) is 0.358. The molecule has 6 heteroatoms. The molecule has 0 fully saturated rings. The normalized spacial score (nSPS) is 11.3. The second-order valence-electron chi connectivity index (χ2n) is 6.73. The van der Waals surface area contributed by atoms with Crippen molar-refractivity contribution < 1.29 is 4.39 Å². The minimum absolute atomic E-state index is 0. The van der Waals surface area contributed by atoms with Gasteiger partial charge in [-0.3, -0.25) is 4.99 Å². The Labute approximate surface area is 179 Å². The lowest BCUT2D eigenvalue weighted by atomic mass is 10.1. The number of nitrogens with one attached hydrogen (secondary N) is 2. The van der Waals surface area contributed by atoms with Crippen LogP contribution in [-0.4, -0.2) is 38.5 Å². The van der Waals surface area contributed by atoms with E-state index >= 15 is 0 Å². The Balaban J connectivity index is 0.00000364. The van der Waals surface area contributed by atoms with Gasteiger partial charge in [-0.25, -0.2) is 4.39 Å². The highest BCUT2D eigenvalue weighted by molar-refractivity contribution is 14.0. The first kappa shape index (κ1) is 23.4. The molecule has 4 nitrogen and oxygen atoms in total. The highest BCUT2D eigenvalue weighted by Gasteiger charge is 2.02. The molecule has 0 aliphatic rings. The lowest BCUT2D eigenvalue weighted by Crippen LogP contribution is -2.37. The van der Waals surface area contributed by atoms with E-state index in [1.165, 1.54) is 17.2 Å². The largest absolute Gasteiger partial charge is 0.356 e. The van der Waals surface area contributed by atoms with E-state index in [4.69, 9.17) is 0 Å². The number of aryl methyl sites for hydroxylation is 1. The summed E-state index contributed by atoms with van der Waals surface area (Å²) >= 11 is 0. The highest BCUT2D eigenvalue weighted by Crippen LogP contribution is 2.10. The summed E-state index contributed by atoms with van der Waals surface area (Å²) in [6, 6.07) is 13.5. The van der Waals surface area contributed by atoms with Gasteiger partial charge in [0.1, 0.15) is 5.82 Å². The molecule has 148 valence electrons. The number of halogens is 2. The molecule has 2 aromatic carbocycles. The van der Waals surface area contributed by atoms with Crippen molar-refractivity contribution >= 4 is 29.9 Å². The van der Waals surface area contributed by atoms with Crippen molar-refractivity contribution in [2.24, 2.45) is 4.99 Å². The highest BCUT2D eigenvalue weighted by atomic mass is 127. The van der Waals surface area contributed by atoms with Crippen molar-refractivity contribution in [3.05, 3.63) is 70.5 Å². The van der Waals surface area contributed by atoms with Gasteiger partial charge in [0, 0.05) is 26.7 Å². The van der Waals surface area contributed by atoms with E-state index in [0.29, 0.717) is 0 Å². The zero-order chi connectivity index (χ0) is 18.9. The number of hydrogen-bond acceptors (Lipinski definition) is 2. The summed E-state index contributed by atoms with van der Waals surface area (Å²) in [5, 5.41) is 6.63. The van der Waals surface area contributed by atoms with Gasteiger partial charge < -0.3 is 15.5 Å². The fourth-order valence-electron chi connectivity index (χ4n) is 2.79. The number of aliphatic imine (C=N–C) groups is 1. The third kappa shape index (κ3) is 8.26. The summed E-state index contributed by atoms with van der Waals surface area (Å²) < 4.78 is 13.2. The fourth-order valence-corrected chi connectivity index (χ4v) is 2.79. The van der Waals surface area contributed by atoms with Crippen LogP contribution < -0.4 is 10.6 Å². The summed E-state index contributed by atoms with van der Waals surface area (Å²) in [4.78, 5) is 6.41. The molecule has 27 heavy (non-hydrogen) atoms. The first-order valence-corrected chi connectivity index (χ1v) is 8.90. The number of rotatable bonds is 7. The van der Waals surface area contributed by atoms with E-state index in [1.54, 1.807) is 13.1 Å². The van der Waals surface area contributed by atoms with Crippen LogP contribution in [0, 0.1) is 12.7 Å². The maximum absolute atomic E-state index is 13.2. The van der Waals surface area contributed by atoms with Gasteiger partial charge in [0.25, 0.3) is 0 Å². The molecule has 0 aromatic heterocycles. The molecule has 2 N–H and O–H groups in total. The number of benzene rings is 2. The standard InChI is InChI=1S/C21H29FN4.HI/c1-16-13-20(22)10-9-19(16)11-12-24-21(23-2)25-14-17-5-7-18(8-6-17)15-26(3)4;/h5-10,13H,11-12,14-15H2,1-4H3,(H2,23,24,25);1H. The summed E-state index contributed by atoms with van der Waals surface area (Å²) in [6.45, 7) is 4.34. The fraction of sp³-hybridized carbons (Fsp3) is 0.381. The van der Waals surface area contributed by atoms with Gasteiger partial charge in [-0.2, -0.15) is 0 Å². The molecule has 2 rings (SSSR count). The van der Waals surface area contributed by atoms with Gasteiger partial charge in [-0.1, -0.05) is 30.3 Å². The van der Waals surface area contributed by atoms with Crippen LogP contribution >= 0.6 is 24.0 Å². The first-order valence-electron chi connectivity index (χ1n) is 8.90.